The van der Waals surface area contributed by atoms with Crippen molar-refractivity contribution in [2.75, 3.05) is 5.32 Å². The van der Waals surface area contributed by atoms with Gasteiger partial charge in [0.15, 0.2) is 0 Å². The molecule has 0 bridgehead atoms. The minimum atomic E-state index is -0.498. The summed E-state index contributed by atoms with van der Waals surface area (Å²) in [5, 5.41) is 3.74. The number of benzene rings is 2. The molecule has 0 radical (unpaired) electrons. The van der Waals surface area contributed by atoms with Crippen molar-refractivity contribution in [1.82, 2.24) is 4.90 Å². The smallest absolute Gasteiger partial charge is 0.252 e. The Labute approximate surface area is 133 Å². The normalized spacial score (nSPS) is 17.9. The molecular formula is C17H15ClN2O2. The molecule has 112 valence electrons. The average Bonchev–Trinajstić information content (AvgIpc) is 2.78. The maximum Gasteiger partial charge on any atom is 0.252 e. The van der Waals surface area contributed by atoms with Gasteiger partial charge in [-0.2, -0.15) is 0 Å². The van der Waals surface area contributed by atoms with Gasteiger partial charge >= 0.3 is 0 Å². The molecule has 1 N–H and O–H groups in total. The van der Waals surface area contributed by atoms with Crippen LogP contribution in [0.4, 0.5) is 5.69 Å². The summed E-state index contributed by atoms with van der Waals surface area (Å²) in [5.74, 6) is -0.350. The number of imide groups is 1. The molecule has 0 spiro atoms. The molecule has 1 atom stereocenters. The molecule has 0 aliphatic carbocycles. The van der Waals surface area contributed by atoms with E-state index in [1.807, 2.05) is 42.5 Å². The van der Waals surface area contributed by atoms with Crippen LogP contribution in [0.15, 0.2) is 54.6 Å². The van der Waals surface area contributed by atoms with Gasteiger partial charge in [-0.1, -0.05) is 41.9 Å². The third kappa shape index (κ3) is 3.12. The Morgan fingerprint density at radius 2 is 1.73 bits per heavy atom. The minimum Gasteiger partial charge on any atom is -0.373 e. The number of amides is 2. The number of nitrogens with zero attached hydrogens (tertiary/aromatic N) is 1. The molecule has 2 aromatic carbocycles. The van der Waals surface area contributed by atoms with Crippen molar-refractivity contribution in [2.45, 2.75) is 19.0 Å². The van der Waals surface area contributed by atoms with Crippen molar-refractivity contribution in [3.63, 3.8) is 0 Å². The second kappa shape index (κ2) is 6.20. The molecule has 1 heterocycles. The Hall–Kier alpha value is -2.33. The molecule has 0 saturated carbocycles. The number of carbonyl (C=O) groups excluding carboxylic acids is 2. The fourth-order valence-electron chi connectivity index (χ4n) is 2.47. The van der Waals surface area contributed by atoms with E-state index in [1.54, 1.807) is 12.1 Å². The van der Waals surface area contributed by atoms with Gasteiger partial charge in [-0.3, -0.25) is 14.5 Å². The van der Waals surface area contributed by atoms with Gasteiger partial charge in [0.2, 0.25) is 5.91 Å². The van der Waals surface area contributed by atoms with Gasteiger partial charge in [0, 0.05) is 10.7 Å². The lowest BCUT2D eigenvalue weighted by atomic mass is 10.2. The number of hydrogen-bond acceptors (Lipinski definition) is 3. The van der Waals surface area contributed by atoms with Crippen molar-refractivity contribution in [3.05, 3.63) is 65.2 Å². The Morgan fingerprint density at radius 1 is 1.05 bits per heavy atom. The van der Waals surface area contributed by atoms with Crippen molar-refractivity contribution in [3.8, 4) is 0 Å². The third-order valence-corrected chi connectivity index (χ3v) is 3.86. The standard InChI is InChI=1S/C17H15ClN2O2/c18-13-8-6-12(7-9-13)11-20-16(21)10-15(17(20)22)19-14-4-2-1-3-5-14/h1-9,15,19H,10-11H2/t15-/m1/s1. The fourth-order valence-corrected chi connectivity index (χ4v) is 2.60. The molecule has 2 amide bonds. The van der Waals surface area contributed by atoms with E-state index in [9.17, 15) is 9.59 Å². The summed E-state index contributed by atoms with van der Waals surface area (Å²) in [7, 11) is 0. The van der Waals surface area contributed by atoms with E-state index < -0.39 is 6.04 Å². The molecule has 1 fully saturated rings. The first kappa shape index (κ1) is 14.6. The molecule has 1 aliphatic heterocycles. The molecular weight excluding hydrogens is 300 g/mol. The molecule has 1 saturated heterocycles. The first-order chi connectivity index (χ1) is 10.6. The van der Waals surface area contributed by atoms with Gasteiger partial charge in [-0.25, -0.2) is 0 Å². The summed E-state index contributed by atoms with van der Waals surface area (Å²) in [5.41, 5.74) is 1.72. The zero-order valence-electron chi connectivity index (χ0n) is 11.8. The number of para-hydroxylation sites is 1. The largest absolute Gasteiger partial charge is 0.373 e. The van der Waals surface area contributed by atoms with E-state index in [1.165, 1.54) is 4.90 Å². The van der Waals surface area contributed by atoms with Gasteiger partial charge in [0.25, 0.3) is 5.91 Å². The summed E-state index contributed by atoms with van der Waals surface area (Å²) in [4.78, 5) is 25.8. The van der Waals surface area contributed by atoms with Crippen LogP contribution in [0.5, 0.6) is 0 Å². The van der Waals surface area contributed by atoms with E-state index in [0.29, 0.717) is 5.02 Å². The third-order valence-electron chi connectivity index (χ3n) is 3.61. The topological polar surface area (TPSA) is 49.4 Å². The molecule has 2 aromatic rings. The van der Waals surface area contributed by atoms with E-state index in [4.69, 9.17) is 11.6 Å². The second-order valence-electron chi connectivity index (χ2n) is 5.21. The Kier molecular flexibility index (Phi) is 4.11. The van der Waals surface area contributed by atoms with Gasteiger partial charge in [0.05, 0.1) is 13.0 Å². The van der Waals surface area contributed by atoms with Crippen LogP contribution in [-0.2, 0) is 16.1 Å². The van der Waals surface area contributed by atoms with Crippen LogP contribution >= 0.6 is 11.6 Å². The SMILES string of the molecule is O=C1C[C@@H](Nc2ccccc2)C(=O)N1Cc1ccc(Cl)cc1. The Bertz CT molecular complexity index is 686. The zero-order chi connectivity index (χ0) is 15.5. The fraction of sp³-hybridized carbons (Fsp3) is 0.176. The summed E-state index contributed by atoms with van der Waals surface area (Å²) < 4.78 is 0. The number of halogens is 1. The number of nitrogens with one attached hydrogen (secondary N) is 1. The molecule has 0 unspecified atom stereocenters. The highest BCUT2D eigenvalue weighted by Crippen LogP contribution is 2.21. The second-order valence-corrected chi connectivity index (χ2v) is 5.65. The molecule has 22 heavy (non-hydrogen) atoms. The number of anilines is 1. The van der Waals surface area contributed by atoms with Crippen molar-refractivity contribution < 1.29 is 9.59 Å². The van der Waals surface area contributed by atoms with Crippen LogP contribution in [0.1, 0.15) is 12.0 Å². The number of carbonyl (C=O) groups is 2. The number of hydrogen-bond donors (Lipinski definition) is 1. The van der Waals surface area contributed by atoms with E-state index in [-0.39, 0.29) is 24.8 Å². The van der Waals surface area contributed by atoms with Crippen LogP contribution < -0.4 is 5.32 Å². The van der Waals surface area contributed by atoms with E-state index >= 15 is 0 Å². The first-order valence-corrected chi connectivity index (χ1v) is 7.41. The predicted octanol–water partition coefficient (Wildman–Crippen LogP) is 3.08. The summed E-state index contributed by atoms with van der Waals surface area (Å²) in [6.45, 7) is 0.280. The highest BCUT2D eigenvalue weighted by Gasteiger charge is 2.38. The monoisotopic (exact) mass is 314 g/mol. The maximum atomic E-state index is 12.4. The molecule has 5 heteroatoms. The van der Waals surface area contributed by atoms with Gasteiger partial charge in [-0.15, -0.1) is 0 Å². The first-order valence-electron chi connectivity index (χ1n) is 7.04. The Morgan fingerprint density at radius 3 is 2.41 bits per heavy atom. The van der Waals surface area contributed by atoms with Crippen LogP contribution in [-0.4, -0.2) is 22.8 Å². The lowest BCUT2D eigenvalue weighted by Crippen LogP contribution is -2.34. The quantitative estimate of drug-likeness (QED) is 0.882. The van der Waals surface area contributed by atoms with Crippen LogP contribution in [0, 0.1) is 0 Å². The Balaban J connectivity index is 1.70. The molecule has 1 aliphatic rings. The van der Waals surface area contributed by atoms with E-state index in [2.05, 4.69) is 5.32 Å². The zero-order valence-corrected chi connectivity index (χ0v) is 12.6. The van der Waals surface area contributed by atoms with Crippen LogP contribution in [0.2, 0.25) is 5.02 Å². The highest BCUT2D eigenvalue weighted by atomic mass is 35.5. The van der Waals surface area contributed by atoms with Crippen LogP contribution in [0.25, 0.3) is 0 Å². The average molecular weight is 315 g/mol. The number of rotatable bonds is 4. The van der Waals surface area contributed by atoms with Crippen LogP contribution in [0.3, 0.4) is 0 Å². The van der Waals surface area contributed by atoms with Gasteiger partial charge in [0.1, 0.15) is 6.04 Å². The summed E-state index contributed by atoms with van der Waals surface area (Å²) in [6.07, 6.45) is 0.182. The van der Waals surface area contributed by atoms with Gasteiger partial charge < -0.3 is 5.32 Å². The highest BCUT2D eigenvalue weighted by molar-refractivity contribution is 6.30. The van der Waals surface area contributed by atoms with Crippen molar-refractivity contribution in [2.24, 2.45) is 0 Å². The molecule has 3 rings (SSSR count). The maximum absolute atomic E-state index is 12.4. The van der Waals surface area contributed by atoms with Crippen molar-refractivity contribution >= 4 is 29.1 Å². The molecule has 0 aromatic heterocycles. The molecule has 4 nitrogen and oxygen atoms in total. The van der Waals surface area contributed by atoms with Crippen molar-refractivity contribution in [1.29, 1.82) is 0 Å². The van der Waals surface area contributed by atoms with E-state index in [0.717, 1.165) is 11.3 Å². The predicted molar refractivity (Wildman–Crippen MR) is 85.5 cm³/mol. The summed E-state index contributed by atoms with van der Waals surface area (Å²) >= 11 is 5.84. The lowest BCUT2D eigenvalue weighted by Gasteiger charge is -2.16. The summed E-state index contributed by atoms with van der Waals surface area (Å²) in [6, 6.07) is 16.1. The number of likely N-dealkylation sites (tertiary alicyclic amines) is 1. The lowest BCUT2D eigenvalue weighted by molar-refractivity contribution is -0.139. The van der Waals surface area contributed by atoms with Gasteiger partial charge in [-0.05, 0) is 29.8 Å². The minimum absolute atomic E-state index is 0.159.